The molecule has 0 bridgehead atoms. The minimum atomic E-state index is -4.82. The van der Waals surface area contributed by atoms with E-state index in [-0.39, 0.29) is 5.92 Å². The maximum Gasteiger partial charge on any atom is 0.422 e. The highest BCUT2D eigenvalue weighted by molar-refractivity contribution is 5.68. The second-order valence-electron chi connectivity index (χ2n) is 6.63. The van der Waals surface area contributed by atoms with Gasteiger partial charge in [-0.05, 0) is 32.1 Å². The van der Waals surface area contributed by atoms with Crippen LogP contribution >= 0.6 is 0 Å². The molecule has 0 unspecified atom stereocenters. The summed E-state index contributed by atoms with van der Waals surface area (Å²) < 4.78 is 46.6. The van der Waals surface area contributed by atoms with Crippen LogP contribution in [0.15, 0.2) is 10.7 Å². The Hall–Kier alpha value is -1.83. The van der Waals surface area contributed by atoms with E-state index in [4.69, 9.17) is 4.52 Å². The van der Waals surface area contributed by atoms with Crippen molar-refractivity contribution in [2.45, 2.75) is 56.8 Å². The highest BCUT2D eigenvalue weighted by atomic mass is 19.4. The van der Waals surface area contributed by atoms with Crippen molar-refractivity contribution in [1.29, 1.82) is 0 Å². The molecule has 2 aromatic rings. The van der Waals surface area contributed by atoms with E-state index in [9.17, 15) is 18.3 Å². The predicted molar refractivity (Wildman–Crippen MR) is 73.7 cm³/mol. The average Bonchev–Trinajstić information content (AvgIpc) is 3.03. The zero-order chi connectivity index (χ0) is 16.6. The number of rotatable bonds is 2. The molecular formula is C15H16F3N3O2. The third kappa shape index (κ3) is 1.97. The van der Waals surface area contributed by atoms with E-state index in [1.54, 1.807) is 6.20 Å². The minimum Gasteiger partial charge on any atom is -0.375 e. The van der Waals surface area contributed by atoms with Crippen LogP contribution in [-0.2, 0) is 12.0 Å². The normalized spacial score (nSPS) is 23.3. The van der Waals surface area contributed by atoms with Crippen LogP contribution in [-0.4, -0.2) is 26.2 Å². The average molecular weight is 327 g/mol. The molecule has 0 amide bonds. The van der Waals surface area contributed by atoms with Crippen molar-refractivity contribution in [2.24, 2.45) is 0 Å². The SMILES string of the molecule is C[C@@H]1Cc2c(cnn2C2CC2)-c2onc([C@](C)(O)C(F)(F)F)c21. The zero-order valence-electron chi connectivity index (χ0n) is 12.7. The Morgan fingerprint density at radius 1 is 1.35 bits per heavy atom. The Balaban J connectivity index is 1.86. The quantitative estimate of drug-likeness (QED) is 0.919. The molecule has 0 aliphatic heterocycles. The lowest BCUT2D eigenvalue weighted by atomic mass is 9.82. The third-order valence-electron chi connectivity index (χ3n) is 4.77. The van der Waals surface area contributed by atoms with Gasteiger partial charge in [-0.1, -0.05) is 12.1 Å². The molecule has 2 aliphatic carbocycles. The van der Waals surface area contributed by atoms with E-state index < -0.39 is 17.5 Å². The van der Waals surface area contributed by atoms with Crippen LogP contribution in [0.2, 0.25) is 0 Å². The molecule has 8 heteroatoms. The molecule has 2 aliphatic rings. The van der Waals surface area contributed by atoms with Gasteiger partial charge in [0.1, 0.15) is 5.69 Å². The highest BCUT2D eigenvalue weighted by Crippen LogP contribution is 2.49. The van der Waals surface area contributed by atoms with E-state index in [2.05, 4.69) is 10.3 Å². The van der Waals surface area contributed by atoms with Crippen LogP contribution < -0.4 is 0 Å². The van der Waals surface area contributed by atoms with Crippen molar-refractivity contribution in [3.63, 3.8) is 0 Å². The number of aromatic nitrogens is 3. The topological polar surface area (TPSA) is 64.1 Å². The van der Waals surface area contributed by atoms with E-state index >= 15 is 0 Å². The summed E-state index contributed by atoms with van der Waals surface area (Å²) in [6.45, 7) is 2.53. The van der Waals surface area contributed by atoms with Gasteiger partial charge in [-0.2, -0.15) is 18.3 Å². The van der Waals surface area contributed by atoms with Crippen molar-refractivity contribution in [2.75, 3.05) is 0 Å². The van der Waals surface area contributed by atoms with Crippen LogP contribution in [0.4, 0.5) is 13.2 Å². The number of alkyl halides is 3. The Labute approximate surface area is 130 Å². The number of hydrogen-bond acceptors (Lipinski definition) is 4. The Bertz CT molecular complexity index is 772. The molecule has 0 aromatic carbocycles. The molecule has 5 nitrogen and oxygen atoms in total. The van der Waals surface area contributed by atoms with Crippen LogP contribution in [0.3, 0.4) is 0 Å². The fraction of sp³-hybridized carbons (Fsp3) is 0.600. The van der Waals surface area contributed by atoms with Gasteiger partial charge in [0.15, 0.2) is 5.76 Å². The van der Waals surface area contributed by atoms with E-state index in [0.717, 1.165) is 18.5 Å². The van der Waals surface area contributed by atoms with Gasteiger partial charge in [-0.3, -0.25) is 4.68 Å². The van der Waals surface area contributed by atoms with Gasteiger partial charge < -0.3 is 9.63 Å². The van der Waals surface area contributed by atoms with Gasteiger partial charge in [0, 0.05) is 5.56 Å². The predicted octanol–water partition coefficient (Wildman–Crippen LogP) is 3.30. The number of nitrogens with zero attached hydrogens (tertiary/aromatic N) is 3. The van der Waals surface area contributed by atoms with Gasteiger partial charge in [-0.25, -0.2) is 0 Å². The molecule has 0 spiro atoms. The maximum absolute atomic E-state index is 13.2. The molecule has 1 fully saturated rings. The van der Waals surface area contributed by atoms with Crippen LogP contribution in [0.5, 0.6) is 0 Å². The Morgan fingerprint density at radius 3 is 2.65 bits per heavy atom. The van der Waals surface area contributed by atoms with Gasteiger partial charge in [-0.15, -0.1) is 0 Å². The third-order valence-corrected chi connectivity index (χ3v) is 4.77. The van der Waals surface area contributed by atoms with Crippen LogP contribution in [0.1, 0.15) is 55.6 Å². The number of aliphatic hydroxyl groups is 1. The molecule has 124 valence electrons. The highest BCUT2D eigenvalue weighted by Gasteiger charge is 2.55. The largest absolute Gasteiger partial charge is 0.422 e. The fourth-order valence-corrected chi connectivity index (χ4v) is 3.24. The Kier molecular flexibility index (Phi) is 2.80. The molecule has 2 heterocycles. The van der Waals surface area contributed by atoms with Crippen molar-refractivity contribution in [3.8, 4) is 11.3 Å². The molecular weight excluding hydrogens is 311 g/mol. The zero-order valence-corrected chi connectivity index (χ0v) is 12.7. The number of halogens is 3. The summed E-state index contributed by atoms with van der Waals surface area (Å²) in [6, 6.07) is 0.383. The van der Waals surface area contributed by atoms with Crippen molar-refractivity contribution < 1.29 is 22.8 Å². The van der Waals surface area contributed by atoms with Gasteiger partial charge in [0.2, 0.25) is 5.60 Å². The molecule has 2 atom stereocenters. The molecule has 4 rings (SSSR count). The lowest BCUT2D eigenvalue weighted by molar-refractivity contribution is -0.261. The molecule has 1 saturated carbocycles. The lowest BCUT2D eigenvalue weighted by Gasteiger charge is -2.27. The van der Waals surface area contributed by atoms with E-state index in [0.29, 0.717) is 36.3 Å². The summed E-state index contributed by atoms with van der Waals surface area (Å²) in [6.07, 6.45) is -0.508. The maximum atomic E-state index is 13.2. The first kappa shape index (κ1) is 14.7. The van der Waals surface area contributed by atoms with Crippen molar-refractivity contribution >= 4 is 0 Å². The van der Waals surface area contributed by atoms with E-state index in [1.807, 2.05) is 11.6 Å². The second kappa shape index (κ2) is 4.37. The first-order valence-corrected chi connectivity index (χ1v) is 7.57. The van der Waals surface area contributed by atoms with E-state index in [1.165, 1.54) is 0 Å². The van der Waals surface area contributed by atoms with Crippen LogP contribution in [0, 0.1) is 0 Å². The van der Waals surface area contributed by atoms with Gasteiger partial charge in [0.05, 0.1) is 23.5 Å². The van der Waals surface area contributed by atoms with Gasteiger partial charge >= 0.3 is 6.18 Å². The second-order valence-corrected chi connectivity index (χ2v) is 6.63. The summed E-state index contributed by atoms with van der Waals surface area (Å²) in [7, 11) is 0. The van der Waals surface area contributed by atoms with Crippen molar-refractivity contribution in [3.05, 3.63) is 23.1 Å². The molecule has 23 heavy (non-hydrogen) atoms. The summed E-state index contributed by atoms with van der Waals surface area (Å²) >= 11 is 0. The molecule has 0 radical (unpaired) electrons. The molecule has 0 saturated heterocycles. The summed E-state index contributed by atoms with van der Waals surface area (Å²) in [5.41, 5.74) is -1.50. The number of hydrogen-bond donors (Lipinski definition) is 1. The van der Waals surface area contributed by atoms with Crippen LogP contribution in [0.25, 0.3) is 11.3 Å². The first-order valence-electron chi connectivity index (χ1n) is 7.57. The smallest absolute Gasteiger partial charge is 0.375 e. The number of fused-ring (bicyclic) bond motifs is 3. The minimum absolute atomic E-state index is 0.234. The van der Waals surface area contributed by atoms with Crippen molar-refractivity contribution in [1.82, 2.24) is 14.9 Å². The lowest BCUT2D eigenvalue weighted by Crippen LogP contribution is -2.40. The molecule has 2 aromatic heterocycles. The summed E-state index contributed by atoms with van der Waals surface area (Å²) in [5.74, 6) is 0.0620. The fourth-order valence-electron chi connectivity index (χ4n) is 3.24. The monoisotopic (exact) mass is 327 g/mol. The Morgan fingerprint density at radius 2 is 2.04 bits per heavy atom. The first-order chi connectivity index (χ1) is 10.7. The van der Waals surface area contributed by atoms with Gasteiger partial charge in [0.25, 0.3) is 0 Å². The summed E-state index contributed by atoms with van der Waals surface area (Å²) in [5, 5.41) is 17.9. The molecule has 1 N–H and O–H groups in total. The summed E-state index contributed by atoms with van der Waals surface area (Å²) in [4.78, 5) is 0. The standard InChI is InChI=1S/C15H16F3N3O2/c1-7-5-10-9(6-19-21(10)8-3-4-8)12-11(7)13(20-23-12)14(2,22)15(16,17)18/h6-8,22H,3-5H2,1-2H3/t7-,14+/m1/s1.